The fraction of sp³-hybridized carbons (Fsp3) is 0.364. The lowest BCUT2D eigenvalue weighted by atomic mass is 10.1. The van der Waals surface area contributed by atoms with E-state index in [0.717, 1.165) is 0 Å². The molecule has 100 valence electrons. The number of thiocarbonyl (C=S) groups is 1. The Morgan fingerprint density at radius 3 is 2.56 bits per heavy atom. The first kappa shape index (κ1) is 15.0. The molecular weight excluding hydrogens is 285 g/mol. The number of halogens is 4. The Kier molecular flexibility index (Phi) is 4.81. The van der Waals surface area contributed by atoms with Crippen molar-refractivity contribution in [3.63, 3.8) is 0 Å². The van der Waals surface area contributed by atoms with Gasteiger partial charge in [0.1, 0.15) is 4.99 Å². The first-order valence-electron chi connectivity index (χ1n) is 5.08. The van der Waals surface area contributed by atoms with Gasteiger partial charge in [0, 0.05) is 29.9 Å². The number of hydrogen-bond acceptors (Lipinski definition) is 2. The van der Waals surface area contributed by atoms with Crippen molar-refractivity contribution < 1.29 is 13.2 Å². The summed E-state index contributed by atoms with van der Waals surface area (Å²) < 4.78 is 36.5. The molecule has 0 amide bonds. The molecule has 1 aromatic carbocycles. The molecule has 1 rings (SSSR count). The third-order valence-electron chi connectivity index (χ3n) is 2.37. The van der Waals surface area contributed by atoms with Gasteiger partial charge in [0.2, 0.25) is 0 Å². The highest BCUT2D eigenvalue weighted by molar-refractivity contribution is 7.80. The lowest BCUT2D eigenvalue weighted by Crippen LogP contribution is -2.26. The van der Waals surface area contributed by atoms with Crippen LogP contribution in [-0.2, 0) is 0 Å². The van der Waals surface area contributed by atoms with Crippen LogP contribution in [-0.4, -0.2) is 24.8 Å². The molecule has 0 aliphatic heterocycles. The monoisotopic (exact) mass is 296 g/mol. The van der Waals surface area contributed by atoms with Crippen molar-refractivity contribution in [3.05, 3.63) is 28.8 Å². The molecule has 0 aliphatic carbocycles. The quantitative estimate of drug-likeness (QED) is 0.864. The van der Waals surface area contributed by atoms with Gasteiger partial charge in [0.15, 0.2) is 0 Å². The summed E-state index contributed by atoms with van der Waals surface area (Å²) in [7, 11) is 1.55. The summed E-state index contributed by atoms with van der Waals surface area (Å²) in [5, 5.41) is 0.436. The van der Waals surface area contributed by atoms with Gasteiger partial charge in [-0.05, 0) is 18.2 Å². The minimum absolute atomic E-state index is 0.103. The minimum Gasteiger partial charge on any atom is -0.389 e. The SMILES string of the molecule is CN(CCC(F)(F)F)c1ccc(Cl)cc1C(N)=S. The molecule has 0 saturated heterocycles. The van der Waals surface area contributed by atoms with Gasteiger partial charge in [0.25, 0.3) is 0 Å². The average molecular weight is 297 g/mol. The van der Waals surface area contributed by atoms with Crippen molar-refractivity contribution in [2.45, 2.75) is 12.6 Å². The van der Waals surface area contributed by atoms with E-state index >= 15 is 0 Å². The van der Waals surface area contributed by atoms with Crippen LogP contribution in [0.15, 0.2) is 18.2 Å². The van der Waals surface area contributed by atoms with Crippen molar-refractivity contribution in [1.82, 2.24) is 0 Å². The molecule has 2 N–H and O–H groups in total. The van der Waals surface area contributed by atoms with Crippen LogP contribution < -0.4 is 10.6 Å². The lowest BCUT2D eigenvalue weighted by molar-refractivity contribution is -0.132. The number of rotatable bonds is 4. The number of nitrogens with zero attached hydrogens (tertiary/aromatic N) is 1. The molecule has 1 aromatic rings. The van der Waals surface area contributed by atoms with Crippen molar-refractivity contribution >= 4 is 34.5 Å². The van der Waals surface area contributed by atoms with E-state index in [0.29, 0.717) is 16.3 Å². The van der Waals surface area contributed by atoms with Crippen molar-refractivity contribution in [2.75, 3.05) is 18.5 Å². The Labute approximate surface area is 114 Å². The van der Waals surface area contributed by atoms with E-state index in [9.17, 15) is 13.2 Å². The maximum absolute atomic E-state index is 12.2. The average Bonchev–Trinajstić information content (AvgIpc) is 2.24. The molecule has 7 heteroatoms. The number of hydrogen-bond donors (Lipinski definition) is 1. The third kappa shape index (κ3) is 4.34. The highest BCUT2D eigenvalue weighted by Crippen LogP contribution is 2.26. The van der Waals surface area contributed by atoms with Gasteiger partial charge in [-0.15, -0.1) is 0 Å². The largest absolute Gasteiger partial charge is 0.390 e. The molecular formula is C11H12ClF3N2S. The summed E-state index contributed by atoms with van der Waals surface area (Å²) in [6.45, 7) is -0.166. The molecule has 0 atom stereocenters. The summed E-state index contributed by atoms with van der Waals surface area (Å²) in [6.07, 6.45) is -5.09. The lowest BCUT2D eigenvalue weighted by Gasteiger charge is -2.23. The molecule has 18 heavy (non-hydrogen) atoms. The van der Waals surface area contributed by atoms with E-state index in [2.05, 4.69) is 0 Å². The van der Waals surface area contributed by atoms with Crippen LogP contribution in [0.2, 0.25) is 5.02 Å². The predicted octanol–water partition coefficient (Wildman–Crippen LogP) is 3.36. The summed E-state index contributed by atoms with van der Waals surface area (Å²) in [4.78, 5) is 1.56. The molecule has 0 fully saturated rings. The van der Waals surface area contributed by atoms with E-state index in [1.807, 2.05) is 0 Å². The molecule has 0 spiro atoms. The van der Waals surface area contributed by atoms with Crippen LogP contribution in [0.4, 0.5) is 18.9 Å². The van der Waals surface area contributed by atoms with Crippen molar-refractivity contribution in [2.24, 2.45) is 5.73 Å². The zero-order valence-electron chi connectivity index (χ0n) is 9.59. The van der Waals surface area contributed by atoms with E-state index in [4.69, 9.17) is 29.6 Å². The van der Waals surface area contributed by atoms with E-state index in [1.165, 1.54) is 4.90 Å². The molecule has 0 heterocycles. The van der Waals surface area contributed by atoms with Gasteiger partial charge < -0.3 is 10.6 Å². The Morgan fingerprint density at radius 1 is 1.44 bits per heavy atom. The Morgan fingerprint density at radius 2 is 2.06 bits per heavy atom. The van der Waals surface area contributed by atoms with Gasteiger partial charge in [-0.3, -0.25) is 0 Å². The highest BCUT2D eigenvalue weighted by atomic mass is 35.5. The molecule has 2 nitrogen and oxygen atoms in total. The second-order valence-electron chi connectivity index (χ2n) is 3.81. The van der Waals surface area contributed by atoms with Gasteiger partial charge >= 0.3 is 6.18 Å². The molecule has 0 radical (unpaired) electrons. The molecule has 0 bridgehead atoms. The number of benzene rings is 1. The Balaban J connectivity index is 2.91. The van der Waals surface area contributed by atoms with Crippen LogP contribution in [0.5, 0.6) is 0 Å². The summed E-state index contributed by atoms with van der Waals surface area (Å²) in [6, 6.07) is 4.74. The smallest absolute Gasteiger partial charge is 0.389 e. The standard InChI is InChI=1S/C11H12ClF3N2S/c1-17(5-4-11(13,14)15)9-3-2-7(12)6-8(9)10(16)18/h2-3,6H,4-5H2,1H3,(H2,16,18). The van der Waals surface area contributed by atoms with Crippen LogP contribution in [0, 0.1) is 0 Å². The normalized spacial score (nSPS) is 11.4. The fourth-order valence-electron chi connectivity index (χ4n) is 1.45. The van der Waals surface area contributed by atoms with Crippen LogP contribution in [0.1, 0.15) is 12.0 Å². The van der Waals surface area contributed by atoms with Crippen molar-refractivity contribution in [3.8, 4) is 0 Å². The first-order valence-corrected chi connectivity index (χ1v) is 5.86. The Bertz CT molecular complexity index is 448. The second kappa shape index (κ2) is 5.75. The highest BCUT2D eigenvalue weighted by Gasteiger charge is 2.27. The van der Waals surface area contributed by atoms with Gasteiger partial charge in [-0.1, -0.05) is 23.8 Å². The van der Waals surface area contributed by atoms with E-state index in [-0.39, 0.29) is 11.5 Å². The Hall–Kier alpha value is -1.01. The molecule has 0 saturated carbocycles. The van der Waals surface area contributed by atoms with Crippen LogP contribution >= 0.6 is 23.8 Å². The number of nitrogens with two attached hydrogens (primary N) is 1. The summed E-state index contributed by atoms with van der Waals surface area (Å²) in [5.74, 6) is 0. The van der Waals surface area contributed by atoms with E-state index < -0.39 is 12.6 Å². The zero-order chi connectivity index (χ0) is 13.9. The van der Waals surface area contributed by atoms with Crippen LogP contribution in [0.25, 0.3) is 0 Å². The molecule has 0 unspecified atom stereocenters. The topological polar surface area (TPSA) is 29.3 Å². The van der Waals surface area contributed by atoms with Gasteiger partial charge in [0.05, 0.1) is 6.42 Å². The maximum atomic E-state index is 12.2. The fourth-order valence-corrected chi connectivity index (χ4v) is 1.79. The zero-order valence-corrected chi connectivity index (χ0v) is 11.2. The van der Waals surface area contributed by atoms with E-state index in [1.54, 1.807) is 25.2 Å². The summed E-state index contributed by atoms with van der Waals surface area (Å²) in [5.41, 5.74) is 6.54. The number of anilines is 1. The summed E-state index contributed by atoms with van der Waals surface area (Å²) >= 11 is 10.7. The predicted molar refractivity (Wildman–Crippen MR) is 71.3 cm³/mol. The first-order chi connectivity index (χ1) is 8.20. The molecule has 0 aromatic heterocycles. The second-order valence-corrected chi connectivity index (χ2v) is 4.69. The van der Waals surface area contributed by atoms with Crippen molar-refractivity contribution in [1.29, 1.82) is 0 Å². The third-order valence-corrected chi connectivity index (χ3v) is 2.82. The van der Waals surface area contributed by atoms with Gasteiger partial charge in [-0.2, -0.15) is 13.2 Å². The maximum Gasteiger partial charge on any atom is 0.390 e. The van der Waals surface area contributed by atoms with Crippen LogP contribution in [0.3, 0.4) is 0 Å². The minimum atomic E-state index is -4.19. The van der Waals surface area contributed by atoms with Gasteiger partial charge in [-0.25, -0.2) is 0 Å². The number of alkyl halides is 3. The molecule has 0 aliphatic rings.